The quantitative estimate of drug-likeness (QED) is 0.761. The van der Waals surface area contributed by atoms with E-state index in [-0.39, 0.29) is 18.4 Å². The molecule has 1 aromatic heterocycles. The topological polar surface area (TPSA) is 97.1 Å². The lowest BCUT2D eigenvalue weighted by Crippen LogP contribution is -2.45. The van der Waals surface area contributed by atoms with Crippen LogP contribution in [0.1, 0.15) is 38.1 Å². The minimum absolute atomic E-state index is 0.220. The third kappa shape index (κ3) is 4.15. The van der Waals surface area contributed by atoms with Gasteiger partial charge in [-0.3, -0.25) is 9.59 Å². The van der Waals surface area contributed by atoms with Crippen LogP contribution in [-0.2, 0) is 16.1 Å². The van der Waals surface area contributed by atoms with Gasteiger partial charge in [-0.1, -0.05) is 23.7 Å². The van der Waals surface area contributed by atoms with E-state index in [1.54, 1.807) is 6.92 Å². The van der Waals surface area contributed by atoms with Crippen molar-refractivity contribution in [2.24, 2.45) is 0 Å². The molecule has 18 heavy (non-hydrogen) atoms. The van der Waals surface area contributed by atoms with Crippen LogP contribution in [0, 0.1) is 6.92 Å². The Hall–Kier alpha value is -1.92. The highest BCUT2D eigenvalue weighted by atomic mass is 16.6. The molecule has 7 nitrogen and oxygen atoms in total. The van der Waals surface area contributed by atoms with Gasteiger partial charge >= 0.3 is 0 Å². The van der Waals surface area contributed by atoms with Crippen LogP contribution in [0.5, 0.6) is 0 Å². The minimum Gasteiger partial charge on any atom is -0.348 e. The monoisotopic (exact) mass is 254 g/mol. The summed E-state index contributed by atoms with van der Waals surface area (Å²) in [5, 5.41) is 12.6. The smallest absolute Gasteiger partial charge is 0.242 e. The summed E-state index contributed by atoms with van der Waals surface area (Å²) in [6.45, 7) is 5.33. The molecule has 1 atom stereocenters. The van der Waals surface area contributed by atoms with Gasteiger partial charge in [0.1, 0.15) is 17.4 Å². The second kappa shape index (κ2) is 6.73. The Bertz CT molecular complexity index is 416. The van der Waals surface area contributed by atoms with Crippen LogP contribution in [0.2, 0.25) is 0 Å². The number of hydrogen-bond acceptors (Lipinski definition) is 5. The molecule has 1 heterocycles. The number of rotatable bonds is 6. The Labute approximate surface area is 105 Å². The number of aryl methyl sites for hydroxylation is 1. The van der Waals surface area contributed by atoms with Gasteiger partial charge in [0, 0.05) is 6.92 Å². The molecule has 0 saturated heterocycles. The molecule has 0 aliphatic heterocycles. The second-order valence-electron chi connectivity index (χ2n) is 4.06. The zero-order chi connectivity index (χ0) is 13.5. The molecule has 0 bridgehead atoms. The first-order valence-electron chi connectivity index (χ1n) is 5.87. The first-order chi connectivity index (χ1) is 8.54. The number of nitrogens with one attached hydrogen (secondary N) is 2. The number of carbonyl (C=O) groups excluding carboxylic acids is 2. The lowest BCUT2D eigenvalue weighted by Gasteiger charge is -2.16. The molecule has 0 aromatic carbocycles. The van der Waals surface area contributed by atoms with Gasteiger partial charge in [0.15, 0.2) is 0 Å². The van der Waals surface area contributed by atoms with Crippen LogP contribution in [0.25, 0.3) is 0 Å². The Morgan fingerprint density at radius 2 is 2.11 bits per heavy atom. The number of aromatic nitrogens is 2. The molecule has 0 aliphatic rings. The molecule has 1 rings (SSSR count). The van der Waals surface area contributed by atoms with Crippen LogP contribution < -0.4 is 10.6 Å². The second-order valence-corrected chi connectivity index (χ2v) is 4.06. The van der Waals surface area contributed by atoms with E-state index in [0.29, 0.717) is 17.8 Å². The Balaban J connectivity index is 2.51. The van der Waals surface area contributed by atoms with E-state index in [1.807, 2.05) is 6.92 Å². The van der Waals surface area contributed by atoms with E-state index < -0.39 is 6.04 Å². The predicted octanol–water partition coefficient (Wildman–Crippen LogP) is 0.299. The van der Waals surface area contributed by atoms with Crippen molar-refractivity contribution in [3.8, 4) is 0 Å². The van der Waals surface area contributed by atoms with Crippen LogP contribution in [0.15, 0.2) is 4.63 Å². The Kier molecular flexibility index (Phi) is 5.29. The van der Waals surface area contributed by atoms with Gasteiger partial charge < -0.3 is 10.6 Å². The van der Waals surface area contributed by atoms with Gasteiger partial charge in [-0.2, -0.15) is 0 Å². The van der Waals surface area contributed by atoms with Crippen molar-refractivity contribution in [3.63, 3.8) is 0 Å². The molecular formula is C11H18N4O3. The molecule has 100 valence electrons. The zero-order valence-corrected chi connectivity index (χ0v) is 10.8. The van der Waals surface area contributed by atoms with Crippen LogP contribution in [0.3, 0.4) is 0 Å². The summed E-state index contributed by atoms with van der Waals surface area (Å²) < 4.78 is 4.53. The first kappa shape index (κ1) is 14.1. The third-order valence-corrected chi connectivity index (χ3v) is 2.45. The van der Waals surface area contributed by atoms with Crippen molar-refractivity contribution < 1.29 is 14.2 Å². The molecule has 2 amide bonds. The van der Waals surface area contributed by atoms with Crippen molar-refractivity contribution in [3.05, 3.63) is 11.4 Å². The van der Waals surface area contributed by atoms with E-state index >= 15 is 0 Å². The summed E-state index contributed by atoms with van der Waals surface area (Å²) in [6, 6.07) is -0.507. The zero-order valence-electron chi connectivity index (χ0n) is 10.8. The molecule has 0 unspecified atom stereocenters. The Morgan fingerprint density at radius 1 is 1.39 bits per heavy atom. The molecule has 7 heteroatoms. The van der Waals surface area contributed by atoms with Gasteiger partial charge in [-0.05, 0) is 13.3 Å². The molecule has 0 radical (unpaired) electrons. The lowest BCUT2D eigenvalue weighted by atomic mass is 10.1. The van der Waals surface area contributed by atoms with E-state index in [4.69, 9.17) is 0 Å². The minimum atomic E-state index is -0.507. The summed E-state index contributed by atoms with van der Waals surface area (Å²) in [4.78, 5) is 22.9. The molecule has 0 spiro atoms. The van der Waals surface area contributed by atoms with Crippen molar-refractivity contribution >= 4 is 11.8 Å². The number of carbonyl (C=O) groups is 2. The lowest BCUT2D eigenvalue weighted by molar-refractivity contribution is -0.128. The number of amides is 2. The maximum Gasteiger partial charge on any atom is 0.242 e. The third-order valence-electron chi connectivity index (χ3n) is 2.45. The normalized spacial score (nSPS) is 11.9. The van der Waals surface area contributed by atoms with Crippen molar-refractivity contribution in [1.82, 2.24) is 20.9 Å². The number of hydrogen-bond donors (Lipinski definition) is 2. The predicted molar refractivity (Wildman–Crippen MR) is 63.4 cm³/mol. The average molecular weight is 254 g/mol. The van der Waals surface area contributed by atoms with Gasteiger partial charge in [-0.15, -0.1) is 0 Å². The highest BCUT2D eigenvalue weighted by Crippen LogP contribution is 2.01. The van der Waals surface area contributed by atoms with Gasteiger partial charge in [-0.25, -0.2) is 4.63 Å². The summed E-state index contributed by atoms with van der Waals surface area (Å²) >= 11 is 0. The highest BCUT2D eigenvalue weighted by molar-refractivity contribution is 5.86. The van der Waals surface area contributed by atoms with Gasteiger partial charge in [0.25, 0.3) is 0 Å². The summed E-state index contributed by atoms with van der Waals surface area (Å²) in [6.07, 6.45) is 1.41. The van der Waals surface area contributed by atoms with Crippen LogP contribution in [0.4, 0.5) is 0 Å². The van der Waals surface area contributed by atoms with E-state index in [2.05, 4.69) is 25.6 Å². The maximum absolute atomic E-state index is 11.9. The molecular weight excluding hydrogens is 236 g/mol. The van der Waals surface area contributed by atoms with Crippen molar-refractivity contribution in [1.29, 1.82) is 0 Å². The highest BCUT2D eigenvalue weighted by Gasteiger charge is 2.18. The fraction of sp³-hybridized carbons (Fsp3) is 0.636. The fourth-order valence-electron chi connectivity index (χ4n) is 1.51. The summed E-state index contributed by atoms with van der Waals surface area (Å²) in [7, 11) is 0. The van der Waals surface area contributed by atoms with Gasteiger partial charge in [0.05, 0.1) is 6.54 Å². The summed E-state index contributed by atoms with van der Waals surface area (Å²) in [5.74, 6) is -0.447. The fourth-order valence-corrected chi connectivity index (χ4v) is 1.51. The maximum atomic E-state index is 11.9. The summed E-state index contributed by atoms with van der Waals surface area (Å²) in [5.41, 5.74) is 1.23. The van der Waals surface area contributed by atoms with Crippen molar-refractivity contribution in [2.75, 3.05) is 0 Å². The SMILES string of the molecule is CCC[C@@H](NC(C)=O)C(=O)NCc1nonc1C. The molecule has 2 N–H and O–H groups in total. The van der Waals surface area contributed by atoms with Crippen molar-refractivity contribution in [2.45, 2.75) is 46.2 Å². The average Bonchev–Trinajstić information content (AvgIpc) is 2.70. The first-order valence-corrected chi connectivity index (χ1v) is 5.87. The molecule has 0 aliphatic carbocycles. The Morgan fingerprint density at radius 3 is 2.61 bits per heavy atom. The van der Waals surface area contributed by atoms with Crippen LogP contribution in [-0.4, -0.2) is 28.2 Å². The largest absolute Gasteiger partial charge is 0.348 e. The molecule has 0 fully saturated rings. The molecule has 0 saturated carbocycles. The van der Waals surface area contributed by atoms with Gasteiger partial charge in [0.2, 0.25) is 11.8 Å². The number of nitrogens with zero attached hydrogens (tertiary/aromatic N) is 2. The van der Waals surface area contributed by atoms with E-state index in [9.17, 15) is 9.59 Å². The van der Waals surface area contributed by atoms with Crippen LogP contribution >= 0.6 is 0 Å². The van der Waals surface area contributed by atoms with E-state index in [0.717, 1.165) is 6.42 Å². The standard InChI is InChI=1S/C11H18N4O3/c1-4-5-9(13-8(3)16)11(17)12-6-10-7(2)14-18-15-10/h9H,4-6H2,1-3H3,(H,12,17)(H,13,16)/t9-/m1/s1. The molecule has 1 aromatic rings. The van der Waals surface area contributed by atoms with E-state index in [1.165, 1.54) is 6.92 Å².